The fourth-order valence-electron chi connectivity index (χ4n) is 0.744. The molecule has 0 spiro atoms. The Kier molecular flexibility index (Phi) is 2.32. The van der Waals surface area contributed by atoms with E-state index in [2.05, 4.69) is 5.10 Å². The number of ether oxygens (including phenoxy) is 1. The van der Waals surface area contributed by atoms with Crippen molar-refractivity contribution in [2.24, 2.45) is 0 Å². The molecule has 0 aliphatic heterocycles. The normalized spacial score (nSPS) is 10.2. The minimum atomic E-state index is -1.12. The summed E-state index contributed by atoms with van der Waals surface area (Å²) < 4.78 is 6.00. The molecule has 0 unspecified atom stereocenters. The lowest BCUT2D eigenvalue weighted by Crippen LogP contribution is -2.08. The topological polar surface area (TPSA) is 64.4 Å². The van der Waals surface area contributed by atoms with Crippen molar-refractivity contribution in [1.82, 2.24) is 9.78 Å². The van der Waals surface area contributed by atoms with Crippen LogP contribution >= 0.6 is 0 Å². The standard InChI is InChI=1S/C7H10N2O3/c1-5(2)12-6-3-8-9(4-6)7(10)11/h3-5H,1-2H3,(H,10,11). The van der Waals surface area contributed by atoms with Crippen LogP contribution in [0.4, 0.5) is 4.79 Å². The highest BCUT2D eigenvalue weighted by Crippen LogP contribution is 2.09. The summed E-state index contributed by atoms with van der Waals surface area (Å²) >= 11 is 0. The number of nitrogens with zero attached hydrogens (tertiary/aromatic N) is 2. The van der Waals surface area contributed by atoms with E-state index in [4.69, 9.17) is 9.84 Å². The minimum absolute atomic E-state index is 0.0245. The zero-order chi connectivity index (χ0) is 9.14. The third kappa shape index (κ3) is 1.98. The summed E-state index contributed by atoms with van der Waals surface area (Å²) in [5.74, 6) is 0.465. The summed E-state index contributed by atoms with van der Waals surface area (Å²) in [6.07, 6.45) is 1.60. The predicted octanol–water partition coefficient (Wildman–Crippen LogP) is 1.20. The lowest BCUT2D eigenvalue weighted by molar-refractivity contribution is 0.192. The van der Waals surface area contributed by atoms with E-state index in [9.17, 15) is 4.79 Å². The first kappa shape index (κ1) is 8.58. The molecule has 0 amide bonds. The Morgan fingerprint density at radius 2 is 2.42 bits per heavy atom. The van der Waals surface area contributed by atoms with Crippen molar-refractivity contribution < 1.29 is 14.6 Å². The number of hydrogen-bond acceptors (Lipinski definition) is 3. The summed E-state index contributed by atoms with van der Waals surface area (Å²) in [6.45, 7) is 3.72. The van der Waals surface area contributed by atoms with Gasteiger partial charge in [0.25, 0.3) is 0 Å². The largest absolute Gasteiger partial charge is 0.488 e. The van der Waals surface area contributed by atoms with Gasteiger partial charge in [-0.15, -0.1) is 0 Å². The molecule has 1 aromatic rings. The Morgan fingerprint density at radius 1 is 1.75 bits per heavy atom. The Morgan fingerprint density at radius 3 is 2.83 bits per heavy atom. The van der Waals surface area contributed by atoms with Crippen LogP contribution < -0.4 is 4.74 Å². The van der Waals surface area contributed by atoms with Gasteiger partial charge in [0.2, 0.25) is 0 Å². The highest BCUT2D eigenvalue weighted by atomic mass is 16.5. The molecule has 1 heterocycles. The van der Waals surface area contributed by atoms with Gasteiger partial charge in [-0.05, 0) is 13.8 Å². The highest BCUT2D eigenvalue weighted by molar-refractivity contribution is 5.66. The molecule has 5 heteroatoms. The van der Waals surface area contributed by atoms with Crippen LogP contribution in [0.15, 0.2) is 12.4 Å². The van der Waals surface area contributed by atoms with Crippen LogP contribution in [-0.2, 0) is 0 Å². The molecule has 0 radical (unpaired) electrons. The second-order valence-corrected chi connectivity index (χ2v) is 2.57. The second kappa shape index (κ2) is 3.25. The lowest BCUT2D eigenvalue weighted by Gasteiger charge is -2.04. The summed E-state index contributed by atoms with van der Waals surface area (Å²) in [5, 5.41) is 12.0. The minimum Gasteiger partial charge on any atom is -0.488 e. The molecule has 66 valence electrons. The third-order valence-electron chi connectivity index (χ3n) is 1.13. The molecule has 0 fully saturated rings. The van der Waals surface area contributed by atoms with Gasteiger partial charge < -0.3 is 9.84 Å². The van der Waals surface area contributed by atoms with Crippen LogP contribution in [0, 0.1) is 0 Å². The van der Waals surface area contributed by atoms with Gasteiger partial charge in [0.05, 0.1) is 18.5 Å². The van der Waals surface area contributed by atoms with Crippen LogP contribution in [0.3, 0.4) is 0 Å². The molecule has 0 aromatic carbocycles. The molecule has 0 atom stereocenters. The number of carboxylic acid groups (broad SMARTS) is 1. The van der Waals surface area contributed by atoms with Gasteiger partial charge in [-0.25, -0.2) is 4.79 Å². The first-order valence-corrected chi connectivity index (χ1v) is 3.54. The number of hydrogen-bond donors (Lipinski definition) is 1. The molecule has 1 aromatic heterocycles. The van der Waals surface area contributed by atoms with Crippen molar-refractivity contribution >= 4 is 6.09 Å². The molecule has 0 saturated carbocycles. The lowest BCUT2D eigenvalue weighted by atomic mass is 10.5. The average Bonchev–Trinajstić information content (AvgIpc) is 2.34. The predicted molar refractivity (Wildman–Crippen MR) is 41.4 cm³/mol. The average molecular weight is 170 g/mol. The summed E-state index contributed by atoms with van der Waals surface area (Å²) in [4.78, 5) is 10.3. The SMILES string of the molecule is CC(C)Oc1cnn(C(=O)O)c1. The Hall–Kier alpha value is -1.52. The maximum absolute atomic E-state index is 10.3. The van der Waals surface area contributed by atoms with Gasteiger partial charge >= 0.3 is 6.09 Å². The zero-order valence-corrected chi connectivity index (χ0v) is 6.89. The van der Waals surface area contributed by atoms with Crippen molar-refractivity contribution in [1.29, 1.82) is 0 Å². The summed E-state index contributed by atoms with van der Waals surface area (Å²) in [7, 11) is 0. The maximum atomic E-state index is 10.3. The summed E-state index contributed by atoms with van der Waals surface area (Å²) in [5.41, 5.74) is 0. The van der Waals surface area contributed by atoms with E-state index in [1.807, 2.05) is 13.8 Å². The van der Waals surface area contributed by atoms with Crippen LogP contribution in [-0.4, -0.2) is 27.1 Å². The smallest absolute Gasteiger partial charge is 0.432 e. The van der Waals surface area contributed by atoms with Gasteiger partial charge in [-0.1, -0.05) is 0 Å². The molecule has 1 N–H and O–H groups in total. The molecule has 0 bridgehead atoms. The first-order valence-electron chi connectivity index (χ1n) is 3.54. The van der Waals surface area contributed by atoms with Crippen LogP contribution in [0.1, 0.15) is 13.8 Å². The summed E-state index contributed by atoms with van der Waals surface area (Å²) in [6, 6.07) is 0. The number of carbonyl (C=O) groups is 1. The van der Waals surface area contributed by atoms with Gasteiger partial charge in [0.1, 0.15) is 0 Å². The molecule has 12 heavy (non-hydrogen) atoms. The van der Waals surface area contributed by atoms with E-state index in [-0.39, 0.29) is 6.10 Å². The van der Waals surface area contributed by atoms with Crippen LogP contribution in [0.25, 0.3) is 0 Å². The molecule has 0 saturated heterocycles. The van der Waals surface area contributed by atoms with Crippen LogP contribution in [0.5, 0.6) is 5.75 Å². The third-order valence-corrected chi connectivity index (χ3v) is 1.13. The quantitative estimate of drug-likeness (QED) is 0.724. The fourth-order valence-corrected chi connectivity index (χ4v) is 0.744. The highest BCUT2D eigenvalue weighted by Gasteiger charge is 2.05. The van der Waals surface area contributed by atoms with Crippen molar-refractivity contribution in [3.05, 3.63) is 12.4 Å². The molecule has 1 rings (SSSR count). The van der Waals surface area contributed by atoms with E-state index in [1.165, 1.54) is 12.4 Å². The first-order chi connectivity index (χ1) is 5.59. The monoisotopic (exact) mass is 170 g/mol. The zero-order valence-electron chi connectivity index (χ0n) is 6.89. The van der Waals surface area contributed by atoms with E-state index < -0.39 is 6.09 Å². The van der Waals surface area contributed by atoms with Gasteiger partial charge in [-0.3, -0.25) is 0 Å². The van der Waals surface area contributed by atoms with E-state index >= 15 is 0 Å². The van der Waals surface area contributed by atoms with Crippen molar-refractivity contribution in [2.45, 2.75) is 20.0 Å². The van der Waals surface area contributed by atoms with Gasteiger partial charge in [-0.2, -0.15) is 9.78 Å². The van der Waals surface area contributed by atoms with Gasteiger partial charge in [0.15, 0.2) is 5.75 Å². The van der Waals surface area contributed by atoms with Gasteiger partial charge in [0, 0.05) is 0 Å². The second-order valence-electron chi connectivity index (χ2n) is 2.57. The molecule has 5 nitrogen and oxygen atoms in total. The number of aromatic nitrogens is 2. The molecular weight excluding hydrogens is 160 g/mol. The van der Waals surface area contributed by atoms with E-state index in [0.717, 1.165) is 4.68 Å². The number of rotatable bonds is 2. The van der Waals surface area contributed by atoms with Crippen molar-refractivity contribution in [2.75, 3.05) is 0 Å². The van der Waals surface area contributed by atoms with Crippen molar-refractivity contribution in [3.63, 3.8) is 0 Å². The Bertz CT molecular complexity index is 280. The molecule has 0 aliphatic rings. The van der Waals surface area contributed by atoms with E-state index in [1.54, 1.807) is 0 Å². The molecular formula is C7H10N2O3. The van der Waals surface area contributed by atoms with E-state index in [0.29, 0.717) is 5.75 Å². The maximum Gasteiger partial charge on any atom is 0.432 e. The van der Waals surface area contributed by atoms with Crippen molar-refractivity contribution in [3.8, 4) is 5.75 Å². The Balaban J connectivity index is 2.71. The Labute approximate surface area is 69.6 Å². The van der Waals surface area contributed by atoms with Crippen LogP contribution in [0.2, 0.25) is 0 Å². The molecule has 0 aliphatic carbocycles. The fraction of sp³-hybridized carbons (Fsp3) is 0.429.